The van der Waals surface area contributed by atoms with Crippen LogP contribution in [-0.4, -0.2) is 72.5 Å². The van der Waals surface area contributed by atoms with E-state index in [0.29, 0.717) is 25.8 Å². The summed E-state index contributed by atoms with van der Waals surface area (Å²) < 4.78 is 9.83. The van der Waals surface area contributed by atoms with Crippen LogP contribution in [0.3, 0.4) is 0 Å². The molecule has 0 bridgehead atoms. The van der Waals surface area contributed by atoms with Crippen molar-refractivity contribution < 1.29 is 38.9 Å². The molecule has 0 aromatic rings. The van der Waals surface area contributed by atoms with Crippen molar-refractivity contribution in [3.05, 3.63) is 85.1 Å². The molecule has 0 radical (unpaired) electrons. The molecule has 0 rings (SSSR count). The van der Waals surface area contributed by atoms with E-state index in [2.05, 4.69) is 78.3 Å². The predicted molar refractivity (Wildman–Crippen MR) is 186 cm³/mol. The monoisotopic (exact) mass is 656 g/mol. The molecule has 0 aliphatic rings. The van der Waals surface area contributed by atoms with Crippen LogP contribution in [0, 0.1) is 0 Å². The maximum absolute atomic E-state index is 12.6. The quantitative estimate of drug-likeness (QED) is 0.0405. The van der Waals surface area contributed by atoms with Crippen LogP contribution in [0.2, 0.25) is 0 Å². The Hall–Kier alpha value is -4.02. The van der Waals surface area contributed by atoms with Crippen LogP contribution in [0.1, 0.15) is 84.5 Å². The number of amides is 2. The lowest BCUT2D eigenvalue weighted by molar-refractivity contribution is -0.157. The van der Waals surface area contributed by atoms with Gasteiger partial charge in [-0.05, 0) is 71.1 Å². The van der Waals surface area contributed by atoms with Gasteiger partial charge in [-0.1, -0.05) is 79.8 Å². The summed E-state index contributed by atoms with van der Waals surface area (Å²) in [5.74, 6) is -2.13. The first-order valence-corrected chi connectivity index (χ1v) is 16.6. The molecule has 0 spiro atoms. The van der Waals surface area contributed by atoms with E-state index in [9.17, 15) is 29.4 Å². The minimum absolute atomic E-state index is 0.179. The van der Waals surface area contributed by atoms with Crippen molar-refractivity contribution in [1.29, 1.82) is 0 Å². The lowest BCUT2D eigenvalue weighted by Crippen LogP contribution is -2.44. The first-order valence-electron chi connectivity index (χ1n) is 16.6. The first-order chi connectivity index (χ1) is 22.9. The molecule has 0 aromatic carbocycles. The Kier molecular flexibility index (Phi) is 29.2. The number of aliphatic hydroxyl groups excluding tert-OH is 2. The highest BCUT2D eigenvalue weighted by molar-refractivity contribution is 5.94. The van der Waals surface area contributed by atoms with Gasteiger partial charge in [0.2, 0.25) is 11.8 Å². The van der Waals surface area contributed by atoms with Crippen molar-refractivity contribution in [3.8, 4) is 0 Å². The number of allylic oxidation sites excluding steroid dienone is 12. The summed E-state index contributed by atoms with van der Waals surface area (Å²) in [6.07, 6.45) is 33.9. The average Bonchev–Trinajstić information content (AvgIpc) is 3.06. The summed E-state index contributed by atoms with van der Waals surface area (Å²) in [5.41, 5.74) is 0. The van der Waals surface area contributed by atoms with Crippen LogP contribution in [0.4, 0.5) is 0 Å². The molecule has 0 aliphatic carbocycles. The maximum atomic E-state index is 12.6. The highest BCUT2D eigenvalue weighted by Gasteiger charge is 2.24. The Morgan fingerprint density at radius 1 is 0.702 bits per heavy atom. The van der Waals surface area contributed by atoms with Crippen LogP contribution >= 0.6 is 0 Å². The smallest absolute Gasteiger partial charge is 0.330 e. The number of esters is 2. The zero-order valence-corrected chi connectivity index (χ0v) is 28.2. The van der Waals surface area contributed by atoms with E-state index in [1.165, 1.54) is 0 Å². The van der Waals surface area contributed by atoms with Gasteiger partial charge in [-0.15, -0.1) is 0 Å². The van der Waals surface area contributed by atoms with E-state index in [0.717, 1.165) is 50.7 Å². The number of aliphatic hydroxyl groups is 2. The summed E-state index contributed by atoms with van der Waals surface area (Å²) >= 11 is 0. The van der Waals surface area contributed by atoms with Gasteiger partial charge in [0.15, 0.2) is 0 Å². The summed E-state index contributed by atoms with van der Waals surface area (Å²) in [6, 6.07) is -0.965. The molecule has 0 unspecified atom stereocenters. The minimum atomic E-state index is -1.08. The van der Waals surface area contributed by atoms with Crippen LogP contribution in [0.5, 0.6) is 0 Å². The van der Waals surface area contributed by atoms with Crippen LogP contribution in [0.25, 0.3) is 0 Å². The van der Waals surface area contributed by atoms with Gasteiger partial charge < -0.3 is 30.3 Å². The molecule has 0 heterocycles. The Morgan fingerprint density at radius 3 is 1.74 bits per heavy atom. The number of hydrogen-bond donors (Lipinski definition) is 4. The second kappa shape index (κ2) is 31.9. The van der Waals surface area contributed by atoms with Crippen molar-refractivity contribution in [3.63, 3.8) is 0 Å². The Labute approximate surface area is 281 Å². The first kappa shape index (κ1) is 43.0. The van der Waals surface area contributed by atoms with Crippen molar-refractivity contribution in [2.75, 3.05) is 26.4 Å². The van der Waals surface area contributed by atoms with E-state index in [1.54, 1.807) is 6.92 Å². The minimum Gasteiger partial charge on any atom is -0.463 e. The van der Waals surface area contributed by atoms with E-state index >= 15 is 0 Å². The second-order valence-electron chi connectivity index (χ2n) is 10.4. The lowest BCUT2D eigenvalue weighted by atomic mass is 10.1. The molecule has 0 saturated carbocycles. The van der Waals surface area contributed by atoms with Gasteiger partial charge >= 0.3 is 11.9 Å². The van der Waals surface area contributed by atoms with Crippen molar-refractivity contribution in [2.24, 2.45) is 0 Å². The molecule has 47 heavy (non-hydrogen) atoms. The van der Waals surface area contributed by atoms with E-state index in [-0.39, 0.29) is 25.4 Å². The van der Waals surface area contributed by atoms with Crippen molar-refractivity contribution in [2.45, 2.75) is 96.6 Å². The summed E-state index contributed by atoms with van der Waals surface area (Å²) in [5, 5.41) is 23.8. The lowest BCUT2D eigenvalue weighted by Gasteiger charge is -2.20. The molecule has 10 nitrogen and oxygen atoms in total. The molecule has 4 N–H and O–H groups in total. The number of carbonyl (C=O) groups is 4. The zero-order valence-electron chi connectivity index (χ0n) is 28.2. The molecular formula is C37H56N2O8. The van der Waals surface area contributed by atoms with Gasteiger partial charge in [0, 0.05) is 25.1 Å². The Bertz CT molecular complexity index is 1070. The fraction of sp³-hybridized carbons (Fsp3) is 0.514. The molecule has 0 fully saturated rings. The molecule has 2 amide bonds. The number of hydrogen-bond acceptors (Lipinski definition) is 8. The molecule has 0 aliphatic heterocycles. The van der Waals surface area contributed by atoms with E-state index in [1.807, 2.05) is 12.2 Å². The SMILES string of the molecule is CC/C=C\C/C=C\C/C=C\C/C=C\C/C=C\C/C=C\CCC(=O)N[C@@H](CCCCNC(=O)/C=C/C(=O)OCC)C(=O)OC(CO)CO. The number of carbonyl (C=O) groups excluding carboxylic acids is 4. The Morgan fingerprint density at radius 2 is 1.23 bits per heavy atom. The van der Waals surface area contributed by atoms with E-state index in [4.69, 9.17) is 9.47 Å². The highest BCUT2D eigenvalue weighted by atomic mass is 16.6. The normalized spacial score (nSPS) is 13.0. The van der Waals surface area contributed by atoms with Gasteiger partial charge in [-0.2, -0.15) is 0 Å². The van der Waals surface area contributed by atoms with Gasteiger partial charge in [-0.3, -0.25) is 9.59 Å². The standard InChI is InChI=1S/C37H56N2O8/c1-3-5-6-7-8-9-10-11-12-13-14-15-16-17-18-19-20-21-22-26-35(43)39-33(37(45)47-32(30-40)31-41)25-23-24-29-38-34(42)27-28-36(44)46-4-2/h5-6,8-9,11-12,14-15,17-18,20-21,27-28,32-33,40-41H,3-4,7,10,13,16,19,22-26,29-31H2,1-2H3,(H,38,42)(H,39,43)/b6-5-,9-8-,12-11-,15-14-,18-17-,21-20-,28-27+/t33-/m0/s1. The predicted octanol–water partition coefficient (Wildman–Crippen LogP) is 5.25. The fourth-order valence-electron chi connectivity index (χ4n) is 3.83. The summed E-state index contributed by atoms with van der Waals surface area (Å²) in [6.45, 7) is 3.21. The van der Waals surface area contributed by atoms with E-state index < -0.39 is 43.2 Å². The van der Waals surface area contributed by atoms with Crippen LogP contribution < -0.4 is 10.6 Å². The van der Waals surface area contributed by atoms with Crippen LogP contribution in [-0.2, 0) is 28.7 Å². The zero-order chi connectivity index (χ0) is 34.8. The third-order valence-corrected chi connectivity index (χ3v) is 6.32. The number of nitrogens with one attached hydrogen (secondary N) is 2. The Balaban J connectivity index is 4.42. The van der Waals surface area contributed by atoms with Crippen molar-refractivity contribution in [1.82, 2.24) is 10.6 Å². The molecule has 1 atom stereocenters. The van der Waals surface area contributed by atoms with Gasteiger partial charge in [-0.25, -0.2) is 9.59 Å². The largest absolute Gasteiger partial charge is 0.463 e. The average molecular weight is 657 g/mol. The number of ether oxygens (including phenoxy) is 2. The highest BCUT2D eigenvalue weighted by Crippen LogP contribution is 2.07. The molecular weight excluding hydrogens is 600 g/mol. The van der Waals surface area contributed by atoms with Gasteiger partial charge in [0.25, 0.3) is 0 Å². The van der Waals surface area contributed by atoms with Gasteiger partial charge in [0.05, 0.1) is 19.8 Å². The van der Waals surface area contributed by atoms with Crippen molar-refractivity contribution >= 4 is 23.8 Å². The summed E-state index contributed by atoms with van der Waals surface area (Å²) in [7, 11) is 0. The van der Waals surface area contributed by atoms with Crippen LogP contribution in [0.15, 0.2) is 85.1 Å². The third kappa shape index (κ3) is 28.0. The topological polar surface area (TPSA) is 151 Å². The third-order valence-electron chi connectivity index (χ3n) is 6.32. The molecule has 0 saturated heterocycles. The molecule has 262 valence electrons. The fourth-order valence-corrected chi connectivity index (χ4v) is 3.83. The maximum Gasteiger partial charge on any atom is 0.330 e. The molecule has 10 heteroatoms. The summed E-state index contributed by atoms with van der Waals surface area (Å²) in [4.78, 5) is 48.2. The second-order valence-corrected chi connectivity index (χ2v) is 10.4. The van der Waals surface area contributed by atoms with Gasteiger partial charge in [0.1, 0.15) is 12.1 Å². The molecule has 0 aromatic heterocycles. The number of unbranched alkanes of at least 4 members (excludes halogenated alkanes) is 1. The number of rotatable bonds is 27.